The van der Waals surface area contributed by atoms with Gasteiger partial charge < -0.3 is 9.84 Å². The van der Waals surface area contributed by atoms with Crippen molar-refractivity contribution in [3.63, 3.8) is 0 Å². The summed E-state index contributed by atoms with van der Waals surface area (Å²) in [6, 6.07) is 5.82. The quantitative estimate of drug-likeness (QED) is 0.848. The van der Waals surface area contributed by atoms with Gasteiger partial charge in [0.25, 0.3) is 0 Å². The van der Waals surface area contributed by atoms with Gasteiger partial charge in [0.1, 0.15) is 0 Å². The van der Waals surface area contributed by atoms with E-state index in [4.69, 9.17) is 4.74 Å². The summed E-state index contributed by atoms with van der Waals surface area (Å²) in [6.07, 6.45) is 2.50. The molecule has 4 unspecified atom stereocenters. The summed E-state index contributed by atoms with van der Waals surface area (Å²) in [5.41, 5.74) is 0.953. The second-order valence-electron chi connectivity index (χ2n) is 4.56. The number of pyridine rings is 1. The van der Waals surface area contributed by atoms with Crippen molar-refractivity contribution in [2.24, 2.45) is 5.92 Å². The Morgan fingerprint density at radius 2 is 2.31 bits per heavy atom. The summed E-state index contributed by atoms with van der Waals surface area (Å²) < 4.78 is 5.49. The van der Waals surface area contributed by atoms with Crippen molar-refractivity contribution in [1.82, 2.24) is 4.98 Å². The van der Waals surface area contributed by atoms with E-state index < -0.39 is 0 Å². The number of hydrogen-bond donors (Lipinski definition) is 1. The Morgan fingerprint density at radius 3 is 2.88 bits per heavy atom. The minimum Gasteiger partial charge on any atom is -0.392 e. The summed E-state index contributed by atoms with van der Waals surface area (Å²) >= 11 is 0. The molecular weight excluding hydrogens is 202 g/mol. The molecule has 1 N–H and O–H groups in total. The third-order valence-electron chi connectivity index (χ3n) is 3.54. The number of rotatable bonds is 3. The van der Waals surface area contributed by atoms with Crippen molar-refractivity contribution in [2.45, 2.75) is 38.4 Å². The van der Waals surface area contributed by atoms with Crippen LogP contribution in [0.5, 0.6) is 0 Å². The van der Waals surface area contributed by atoms with Gasteiger partial charge in [0.05, 0.1) is 12.2 Å². The first-order chi connectivity index (χ1) is 7.70. The van der Waals surface area contributed by atoms with E-state index in [1.54, 1.807) is 6.20 Å². The summed E-state index contributed by atoms with van der Waals surface area (Å²) in [5.74, 6) is 0.298. The molecular formula is C13H19NO2. The molecule has 0 aliphatic carbocycles. The SMILES string of the molecule is CC1OCCC1C(O)C(C)c1ccccn1. The molecule has 1 aliphatic rings. The van der Waals surface area contributed by atoms with E-state index in [9.17, 15) is 5.11 Å². The molecule has 1 aromatic heterocycles. The fraction of sp³-hybridized carbons (Fsp3) is 0.615. The molecule has 1 saturated heterocycles. The van der Waals surface area contributed by atoms with Crippen LogP contribution in [0.4, 0.5) is 0 Å². The lowest BCUT2D eigenvalue weighted by atomic mass is 9.86. The molecule has 0 saturated carbocycles. The fourth-order valence-electron chi connectivity index (χ4n) is 2.39. The Morgan fingerprint density at radius 1 is 1.50 bits per heavy atom. The Bertz CT molecular complexity index is 328. The average molecular weight is 221 g/mol. The van der Waals surface area contributed by atoms with Crippen LogP contribution in [0.1, 0.15) is 31.9 Å². The lowest BCUT2D eigenvalue weighted by Crippen LogP contribution is -2.31. The predicted molar refractivity (Wildman–Crippen MR) is 62.2 cm³/mol. The monoisotopic (exact) mass is 221 g/mol. The Kier molecular flexibility index (Phi) is 3.56. The molecule has 0 amide bonds. The number of aliphatic hydroxyl groups is 1. The molecule has 0 radical (unpaired) electrons. The first kappa shape index (κ1) is 11.6. The highest BCUT2D eigenvalue weighted by molar-refractivity contribution is 5.11. The average Bonchev–Trinajstić information content (AvgIpc) is 2.75. The van der Waals surface area contributed by atoms with Gasteiger partial charge in [-0.05, 0) is 25.5 Å². The Labute approximate surface area is 96.5 Å². The largest absolute Gasteiger partial charge is 0.392 e. The van der Waals surface area contributed by atoms with Crippen molar-refractivity contribution in [3.8, 4) is 0 Å². The van der Waals surface area contributed by atoms with E-state index in [0.29, 0.717) is 0 Å². The first-order valence-electron chi connectivity index (χ1n) is 5.90. The molecule has 1 aromatic rings. The predicted octanol–water partition coefficient (Wildman–Crippen LogP) is 1.97. The van der Waals surface area contributed by atoms with Crippen LogP contribution in [-0.4, -0.2) is 28.9 Å². The highest BCUT2D eigenvalue weighted by atomic mass is 16.5. The number of aliphatic hydroxyl groups excluding tert-OH is 1. The fourth-order valence-corrected chi connectivity index (χ4v) is 2.39. The molecule has 3 nitrogen and oxygen atoms in total. The van der Waals surface area contributed by atoms with E-state index in [0.717, 1.165) is 18.7 Å². The molecule has 1 aliphatic heterocycles. The zero-order valence-electron chi connectivity index (χ0n) is 9.84. The van der Waals surface area contributed by atoms with Crippen molar-refractivity contribution in [1.29, 1.82) is 0 Å². The van der Waals surface area contributed by atoms with Gasteiger partial charge in [0.15, 0.2) is 0 Å². The second kappa shape index (κ2) is 4.93. The molecule has 0 aromatic carbocycles. The standard InChI is InChI=1S/C13H19NO2/c1-9(12-5-3-4-7-14-12)13(15)11-6-8-16-10(11)2/h3-5,7,9-11,13,15H,6,8H2,1-2H3. The molecule has 1 fully saturated rings. The lowest BCUT2D eigenvalue weighted by molar-refractivity contribution is 0.0316. The van der Waals surface area contributed by atoms with Crippen LogP contribution in [-0.2, 0) is 4.74 Å². The highest BCUT2D eigenvalue weighted by Gasteiger charge is 2.34. The number of nitrogens with zero attached hydrogens (tertiary/aromatic N) is 1. The summed E-state index contributed by atoms with van der Waals surface area (Å²) in [6.45, 7) is 4.82. The number of hydrogen-bond acceptors (Lipinski definition) is 3. The third kappa shape index (κ3) is 2.25. The molecule has 16 heavy (non-hydrogen) atoms. The van der Waals surface area contributed by atoms with Crippen molar-refractivity contribution >= 4 is 0 Å². The minimum atomic E-state index is -0.368. The van der Waals surface area contributed by atoms with E-state index in [1.807, 2.05) is 32.0 Å². The minimum absolute atomic E-state index is 0.0651. The molecule has 88 valence electrons. The summed E-state index contributed by atoms with van der Waals surface area (Å²) in [7, 11) is 0. The molecule has 0 bridgehead atoms. The van der Waals surface area contributed by atoms with Crippen LogP contribution in [0.3, 0.4) is 0 Å². The smallest absolute Gasteiger partial charge is 0.0674 e. The maximum Gasteiger partial charge on any atom is 0.0674 e. The summed E-state index contributed by atoms with van der Waals surface area (Å²) in [5, 5.41) is 10.3. The second-order valence-corrected chi connectivity index (χ2v) is 4.56. The highest BCUT2D eigenvalue weighted by Crippen LogP contribution is 2.31. The van der Waals surface area contributed by atoms with Crippen molar-refractivity contribution in [3.05, 3.63) is 30.1 Å². The number of aromatic nitrogens is 1. The van der Waals surface area contributed by atoms with Crippen LogP contribution >= 0.6 is 0 Å². The maximum atomic E-state index is 10.3. The van der Waals surface area contributed by atoms with Crippen LogP contribution in [0.25, 0.3) is 0 Å². The van der Waals surface area contributed by atoms with Gasteiger partial charge in [-0.25, -0.2) is 0 Å². The van der Waals surface area contributed by atoms with Crippen LogP contribution in [0.2, 0.25) is 0 Å². The van der Waals surface area contributed by atoms with Gasteiger partial charge in [0.2, 0.25) is 0 Å². The number of ether oxygens (including phenoxy) is 1. The Hall–Kier alpha value is -0.930. The van der Waals surface area contributed by atoms with E-state index in [-0.39, 0.29) is 24.0 Å². The van der Waals surface area contributed by atoms with Crippen molar-refractivity contribution in [2.75, 3.05) is 6.61 Å². The van der Waals surface area contributed by atoms with Crippen LogP contribution in [0, 0.1) is 5.92 Å². The molecule has 4 atom stereocenters. The van der Waals surface area contributed by atoms with Gasteiger partial charge >= 0.3 is 0 Å². The van der Waals surface area contributed by atoms with Crippen LogP contribution in [0.15, 0.2) is 24.4 Å². The third-order valence-corrected chi connectivity index (χ3v) is 3.54. The zero-order chi connectivity index (χ0) is 11.5. The topological polar surface area (TPSA) is 42.4 Å². The maximum absolute atomic E-state index is 10.3. The lowest BCUT2D eigenvalue weighted by Gasteiger charge is -2.26. The molecule has 2 heterocycles. The summed E-state index contributed by atoms with van der Waals surface area (Å²) in [4.78, 5) is 4.30. The van der Waals surface area contributed by atoms with E-state index in [1.165, 1.54) is 0 Å². The van der Waals surface area contributed by atoms with E-state index in [2.05, 4.69) is 4.98 Å². The van der Waals surface area contributed by atoms with E-state index >= 15 is 0 Å². The van der Waals surface area contributed by atoms with Gasteiger partial charge in [-0.15, -0.1) is 0 Å². The van der Waals surface area contributed by atoms with Gasteiger partial charge in [-0.2, -0.15) is 0 Å². The molecule has 2 rings (SSSR count). The normalized spacial score (nSPS) is 28.9. The van der Waals surface area contributed by atoms with Gasteiger partial charge in [-0.3, -0.25) is 4.98 Å². The first-order valence-corrected chi connectivity index (χ1v) is 5.90. The van der Waals surface area contributed by atoms with Gasteiger partial charge in [0, 0.05) is 30.3 Å². The zero-order valence-corrected chi connectivity index (χ0v) is 9.84. The van der Waals surface area contributed by atoms with Crippen molar-refractivity contribution < 1.29 is 9.84 Å². The molecule has 3 heteroatoms. The van der Waals surface area contributed by atoms with Gasteiger partial charge in [-0.1, -0.05) is 13.0 Å². The Balaban J connectivity index is 2.07. The molecule has 0 spiro atoms. The van der Waals surface area contributed by atoms with Crippen LogP contribution < -0.4 is 0 Å².